The highest BCUT2D eigenvalue weighted by atomic mass is 32.2. The Morgan fingerprint density at radius 3 is 1.90 bits per heavy atom. The average molecular weight is 423 g/mol. The molecule has 3 N–H and O–H groups in total. The maximum absolute atomic E-state index is 12.4. The zero-order chi connectivity index (χ0) is 21.6. The molecule has 0 unspecified atom stereocenters. The molecule has 2 aromatic carbocycles. The van der Waals surface area contributed by atoms with Crippen LogP contribution in [0.3, 0.4) is 0 Å². The van der Waals surface area contributed by atoms with E-state index in [-0.39, 0.29) is 27.9 Å². The predicted molar refractivity (Wildman–Crippen MR) is 105 cm³/mol. The van der Waals surface area contributed by atoms with E-state index in [0.29, 0.717) is 11.4 Å². The Hall–Kier alpha value is -3.31. The minimum atomic E-state index is -4.03. The van der Waals surface area contributed by atoms with Crippen molar-refractivity contribution in [3.05, 3.63) is 42.0 Å². The summed E-state index contributed by atoms with van der Waals surface area (Å²) in [5, 5.41) is 2.53. The number of carbonyl (C=O) groups is 2. The molecule has 10 nitrogen and oxygen atoms in total. The summed E-state index contributed by atoms with van der Waals surface area (Å²) in [7, 11) is 0.178. The number of sulfonamides is 1. The Balaban J connectivity index is 2.16. The third-order valence-electron chi connectivity index (χ3n) is 3.71. The minimum absolute atomic E-state index is 0.0863. The Kier molecular flexibility index (Phi) is 7.02. The van der Waals surface area contributed by atoms with Gasteiger partial charge >= 0.3 is 0 Å². The van der Waals surface area contributed by atoms with Gasteiger partial charge in [0.25, 0.3) is 15.9 Å². The molecule has 0 bridgehead atoms. The Bertz CT molecular complexity index is 980. The maximum Gasteiger partial charge on any atom is 0.266 e. The van der Waals surface area contributed by atoms with Crippen LogP contribution in [-0.4, -0.2) is 41.6 Å². The number of ether oxygens (including phenoxy) is 3. The van der Waals surface area contributed by atoms with E-state index in [0.717, 1.165) is 0 Å². The first-order valence-electron chi connectivity index (χ1n) is 8.21. The second-order valence-electron chi connectivity index (χ2n) is 5.68. The normalized spacial score (nSPS) is 10.8. The summed E-state index contributed by atoms with van der Waals surface area (Å²) >= 11 is 0. The van der Waals surface area contributed by atoms with Crippen LogP contribution >= 0.6 is 0 Å². The van der Waals surface area contributed by atoms with Gasteiger partial charge in [0.05, 0.1) is 26.2 Å². The number of benzene rings is 2. The van der Waals surface area contributed by atoms with Gasteiger partial charge in [-0.2, -0.15) is 0 Å². The van der Waals surface area contributed by atoms with Gasteiger partial charge in [-0.1, -0.05) is 0 Å². The number of amides is 2. The summed E-state index contributed by atoms with van der Waals surface area (Å²) in [4.78, 5) is 25.3. The van der Waals surface area contributed by atoms with Gasteiger partial charge in [0, 0.05) is 18.2 Å². The molecule has 0 atom stereocenters. The molecule has 0 saturated carbocycles. The second kappa shape index (κ2) is 9.26. The van der Waals surface area contributed by atoms with E-state index in [9.17, 15) is 18.0 Å². The van der Waals surface area contributed by atoms with Crippen molar-refractivity contribution in [3.63, 3.8) is 0 Å². The Labute approximate surface area is 168 Å². The van der Waals surface area contributed by atoms with Crippen molar-refractivity contribution in [1.29, 1.82) is 0 Å². The molecule has 2 amide bonds. The fraction of sp³-hybridized carbons (Fsp3) is 0.222. The summed E-state index contributed by atoms with van der Waals surface area (Å²) < 4.78 is 40.2. The predicted octanol–water partition coefficient (Wildman–Crippen LogP) is 1.29. The van der Waals surface area contributed by atoms with Crippen molar-refractivity contribution < 1.29 is 32.2 Å². The largest absolute Gasteiger partial charge is 0.493 e. The lowest BCUT2D eigenvalue weighted by Gasteiger charge is -2.14. The average Bonchev–Trinajstić information content (AvgIpc) is 2.70. The molecule has 0 aliphatic rings. The molecule has 0 spiro atoms. The number of rotatable bonds is 8. The Morgan fingerprint density at radius 1 is 0.897 bits per heavy atom. The molecule has 0 saturated heterocycles. The van der Waals surface area contributed by atoms with Gasteiger partial charge in [0.15, 0.2) is 11.5 Å². The molecule has 156 valence electrons. The van der Waals surface area contributed by atoms with Crippen molar-refractivity contribution in [2.45, 2.75) is 11.8 Å². The van der Waals surface area contributed by atoms with Crippen LogP contribution in [0.15, 0.2) is 41.3 Å². The molecular weight excluding hydrogens is 402 g/mol. The van der Waals surface area contributed by atoms with Crippen LogP contribution in [0.5, 0.6) is 17.2 Å². The minimum Gasteiger partial charge on any atom is -0.493 e. The monoisotopic (exact) mass is 423 g/mol. The molecule has 0 heterocycles. The number of hydrogen-bond donors (Lipinski definition) is 3. The van der Waals surface area contributed by atoms with Crippen molar-refractivity contribution in [1.82, 2.24) is 10.3 Å². The molecule has 29 heavy (non-hydrogen) atoms. The smallest absolute Gasteiger partial charge is 0.266 e. The fourth-order valence-corrected chi connectivity index (χ4v) is 3.22. The van der Waals surface area contributed by atoms with E-state index in [1.807, 2.05) is 4.83 Å². The van der Waals surface area contributed by atoms with Gasteiger partial charge in [-0.25, -0.2) is 8.42 Å². The van der Waals surface area contributed by atoms with Crippen molar-refractivity contribution in [3.8, 4) is 17.2 Å². The number of carbonyl (C=O) groups excluding carboxylic acids is 2. The first kappa shape index (κ1) is 22.0. The molecule has 0 aliphatic heterocycles. The molecule has 0 aromatic heterocycles. The summed E-state index contributed by atoms with van der Waals surface area (Å²) in [5.74, 6) is -0.229. The first-order valence-corrected chi connectivity index (χ1v) is 9.70. The molecule has 2 rings (SSSR count). The Morgan fingerprint density at radius 2 is 1.45 bits per heavy atom. The van der Waals surface area contributed by atoms with Crippen molar-refractivity contribution >= 4 is 27.5 Å². The van der Waals surface area contributed by atoms with Crippen LogP contribution in [0.1, 0.15) is 17.3 Å². The summed E-state index contributed by atoms with van der Waals surface area (Å²) in [5.41, 5.74) is 2.65. The molecular formula is C18H21N3O7S. The zero-order valence-electron chi connectivity index (χ0n) is 16.2. The van der Waals surface area contributed by atoms with Crippen LogP contribution in [0.4, 0.5) is 5.69 Å². The highest BCUT2D eigenvalue weighted by Crippen LogP contribution is 2.38. The molecule has 0 fully saturated rings. The third kappa shape index (κ3) is 5.36. The lowest BCUT2D eigenvalue weighted by molar-refractivity contribution is -0.114. The highest BCUT2D eigenvalue weighted by molar-refractivity contribution is 7.89. The van der Waals surface area contributed by atoms with Crippen molar-refractivity contribution in [2.24, 2.45) is 0 Å². The number of hydrogen-bond acceptors (Lipinski definition) is 7. The number of anilines is 1. The fourth-order valence-electron chi connectivity index (χ4n) is 2.38. The van der Waals surface area contributed by atoms with E-state index >= 15 is 0 Å². The van der Waals surface area contributed by atoms with Gasteiger partial charge < -0.3 is 19.5 Å². The summed E-state index contributed by atoms with van der Waals surface area (Å²) in [6.07, 6.45) is 0. The molecule has 0 radical (unpaired) electrons. The number of nitrogens with one attached hydrogen (secondary N) is 3. The second-order valence-corrected chi connectivity index (χ2v) is 7.36. The first-order chi connectivity index (χ1) is 13.7. The lowest BCUT2D eigenvalue weighted by atomic mass is 10.1. The third-order valence-corrected chi connectivity index (χ3v) is 4.97. The lowest BCUT2D eigenvalue weighted by Crippen LogP contribution is -2.41. The van der Waals surface area contributed by atoms with Crippen molar-refractivity contribution in [2.75, 3.05) is 26.6 Å². The molecule has 0 aliphatic carbocycles. The van der Waals surface area contributed by atoms with Crippen LogP contribution < -0.4 is 29.8 Å². The van der Waals surface area contributed by atoms with E-state index in [4.69, 9.17) is 14.2 Å². The standard InChI is InChI=1S/C18H21N3O7S/c1-11(22)19-13-5-7-14(8-6-13)29(24,25)21-20-18(23)12-9-15(26-2)17(28-4)16(10-12)27-3/h5-10,21H,1-4H3,(H,19,22)(H,20,23). The van der Waals surface area contributed by atoms with E-state index in [2.05, 4.69) is 10.7 Å². The van der Waals surface area contributed by atoms with Crippen LogP contribution in [0.25, 0.3) is 0 Å². The topological polar surface area (TPSA) is 132 Å². The van der Waals surface area contributed by atoms with Gasteiger partial charge in [-0.15, -0.1) is 4.83 Å². The van der Waals surface area contributed by atoms with E-state index in [1.165, 1.54) is 64.7 Å². The maximum atomic E-state index is 12.4. The SMILES string of the molecule is COc1cc(C(=O)NNS(=O)(=O)c2ccc(NC(C)=O)cc2)cc(OC)c1OC. The molecule has 11 heteroatoms. The van der Waals surface area contributed by atoms with Gasteiger partial charge in [0.1, 0.15) is 0 Å². The van der Waals surface area contributed by atoms with Crippen LogP contribution in [0, 0.1) is 0 Å². The van der Waals surface area contributed by atoms with E-state index in [1.54, 1.807) is 0 Å². The van der Waals surface area contributed by atoms with Crippen LogP contribution in [0.2, 0.25) is 0 Å². The van der Waals surface area contributed by atoms with Gasteiger partial charge in [-0.05, 0) is 36.4 Å². The number of hydrazine groups is 1. The van der Waals surface area contributed by atoms with Gasteiger partial charge in [0.2, 0.25) is 11.7 Å². The van der Waals surface area contributed by atoms with Crippen LogP contribution in [-0.2, 0) is 14.8 Å². The van der Waals surface area contributed by atoms with Gasteiger partial charge in [-0.3, -0.25) is 15.0 Å². The van der Waals surface area contributed by atoms with E-state index < -0.39 is 15.9 Å². The quantitative estimate of drug-likeness (QED) is 0.545. The molecule has 2 aromatic rings. The summed E-state index contributed by atoms with van der Waals surface area (Å²) in [6, 6.07) is 8.20. The zero-order valence-corrected chi connectivity index (χ0v) is 17.0. The highest BCUT2D eigenvalue weighted by Gasteiger charge is 2.19. The number of methoxy groups -OCH3 is 3. The summed E-state index contributed by atoms with van der Waals surface area (Å²) in [6.45, 7) is 1.34.